The van der Waals surface area contributed by atoms with Gasteiger partial charge in [-0.25, -0.2) is 0 Å². The topological polar surface area (TPSA) is 85.9 Å². The molecule has 8 heteroatoms. The predicted octanol–water partition coefficient (Wildman–Crippen LogP) is 4.01. The minimum Gasteiger partial charge on any atom is -0.493 e. The van der Waals surface area contributed by atoms with Crippen molar-refractivity contribution in [2.45, 2.75) is 10.1 Å². The molecule has 0 saturated carbocycles. The van der Waals surface area contributed by atoms with E-state index >= 15 is 0 Å². The van der Waals surface area contributed by atoms with Gasteiger partial charge in [0.2, 0.25) is 5.75 Å². The number of carbonyl (C=O) groups is 2. The van der Waals surface area contributed by atoms with Crippen LogP contribution in [0.3, 0.4) is 0 Å². The summed E-state index contributed by atoms with van der Waals surface area (Å²) in [6.07, 6.45) is 0. The fourth-order valence-corrected chi connectivity index (χ4v) is 4.05. The molecule has 0 aliphatic rings. The summed E-state index contributed by atoms with van der Waals surface area (Å²) >= 11 is 1.39. The predicted molar refractivity (Wildman–Crippen MR) is 123 cm³/mol. The molecular weight excluding hydrogens is 428 g/mol. The van der Waals surface area contributed by atoms with Crippen LogP contribution >= 0.6 is 11.8 Å². The number of rotatable bonds is 8. The van der Waals surface area contributed by atoms with Gasteiger partial charge in [-0.15, -0.1) is 11.8 Å². The average Bonchev–Trinajstić information content (AvgIpc) is 2.85. The molecule has 2 amide bonds. The zero-order chi connectivity index (χ0) is 22.9. The summed E-state index contributed by atoms with van der Waals surface area (Å²) in [5, 5.41) is -0.557. The van der Waals surface area contributed by atoms with E-state index in [1.165, 1.54) is 45.2 Å². The van der Waals surface area contributed by atoms with Gasteiger partial charge in [-0.1, -0.05) is 48.5 Å². The highest BCUT2D eigenvalue weighted by Gasteiger charge is 2.23. The van der Waals surface area contributed by atoms with E-state index in [1.54, 1.807) is 0 Å². The molecule has 0 spiro atoms. The summed E-state index contributed by atoms with van der Waals surface area (Å²) < 4.78 is 15.8. The second kappa shape index (κ2) is 11.1. The Morgan fingerprint density at radius 2 is 1.34 bits per heavy atom. The van der Waals surface area contributed by atoms with Gasteiger partial charge < -0.3 is 14.2 Å². The van der Waals surface area contributed by atoms with Crippen molar-refractivity contribution in [3.8, 4) is 17.2 Å². The molecule has 0 saturated heterocycles. The lowest BCUT2D eigenvalue weighted by molar-refractivity contribution is -0.121. The molecule has 0 fully saturated rings. The fourth-order valence-electron chi connectivity index (χ4n) is 3.00. The Labute approximate surface area is 191 Å². The van der Waals surface area contributed by atoms with Gasteiger partial charge in [-0.2, -0.15) is 0 Å². The summed E-state index contributed by atoms with van der Waals surface area (Å²) in [6.45, 7) is 0. The van der Waals surface area contributed by atoms with Gasteiger partial charge in [-0.3, -0.25) is 20.4 Å². The van der Waals surface area contributed by atoms with Crippen LogP contribution in [0.2, 0.25) is 0 Å². The molecule has 0 unspecified atom stereocenters. The second-order valence-corrected chi connectivity index (χ2v) is 7.76. The van der Waals surface area contributed by atoms with Crippen molar-refractivity contribution in [3.63, 3.8) is 0 Å². The lowest BCUT2D eigenvalue weighted by Crippen LogP contribution is -2.43. The molecule has 3 aromatic carbocycles. The molecule has 3 rings (SSSR count). The van der Waals surface area contributed by atoms with Gasteiger partial charge in [0.15, 0.2) is 11.5 Å². The highest BCUT2D eigenvalue weighted by atomic mass is 32.2. The van der Waals surface area contributed by atoms with Crippen molar-refractivity contribution in [2.75, 3.05) is 21.3 Å². The Kier molecular flexibility index (Phi) is 7.99. The zero-order valence-electron chi connectivity index (χ0n) is 18.0. The standard InChI is InChI=1S/C24H24N2O5S/c1-29-19-14-17(15-20(30-2)21(19)31-3)23(27)25-26-24(28)22(16-10-6-4-7-11-16)32-18-12-8-5-9-13-18/h4-15,22H,1-3H3,(H,25,27)(H,26,28)/t22-/m1/s1. The summed E-state index contributed by atoms with van der Waals surface area (Å²) in [5.41, 5.74) is 6.06. The largest absolute Gasteiger partial charge is 0.493 e. The third-order valence-electron chi connectivity index (χ3n) is 4.56. The van der Waals surface area contributed by atoms with E-state index in [2.05, 4.69) is 10.9 Å². The van der Waals surface area contributed by atoms with Gasteiger partial charge in [0.25, 0.3) is 11.8 Å². The van der Waals surface area contributed by atoms with Gasteiger partial charge in [0, 0.05) is 10.5 Å². The minimum atomic E-state index is -0.557. The maximum absolute atomic E-state index is 13.0. The zero-order valence-corrected chi connectivity index (χ0v) is 18.8. The molecule has 0 aliphatic carbocycles. The number of ether oxygens (including phenoxy) is 3. The highest BCUT2D eigenvalue weighted by molar-refractivity contribution is 8.00. The smallest absolute Gasteiger partial charge is 0.269 e. The number of carbonyl (C=O) groups excluding carboxylic acids is 2. The number of amides is 2. The maximum atomic E-state index is 13.0. The third kappa shape index (κ3) is 5.53. The Balaban J connectivity index is 1.76. The number of hydrogen-bond acceptors (Lipinski definition) is 6. The molecule has 1 atom stereocenters. The van der Waals surface area contributed by atoms with Gasteiger partial charge in [-0.05, 0) is 29.8 Å². The van der Waals surface area contributed by atoms with Crippen molar-refractivity contribution in [3.05, 3.63) is 83.9 Å². The van der Waals surface area contributed by atoms with Crippen molar-refractivity contribution in [2.24, 2.45) is 0 Å². The molecule has 0 radical (unpaired) electrons. The van der Waals surface area contributed by atoms with E-state index in [1.807, 2.05) is 60.7 Å². The first kappa shape index (κ1) is 23.0. The third-order valence-corrected chi connectivity index (χ3v) is 5.83. The summed E-state index contributed by atoms with van der Waals surface area (Å²) in [4.78, 5) is 26.7. The molecule has 3 aromatic rings. The molecule has 166 valence electrons. The first-order chi connectivity index (χ1) is 15.6. The summed E-state index contributed by atoms with van der Waals surface area (Å²) in [7, 11) is 4.41. The molecule has 0 aliphatic heterocycles. The minimum absolute atomic E-state index is 0.242. The van der Waals surface area contributed by atoms with Crippen LogP contribution < -0.4 is 25.1 Å². The van der Waals surface area contributed by atoms with Crippen LogP contribution in [0.5, 0.6) is 17.2 Å². The molecule has 0 heterocycles. The van der Waals surface area contributed by atoms with Crippen LogP contribution in [0.1, 0.15) is 21.2 Å². The van der Waals surface area contributed by atoms with Crippen LogP contribution in [0.25, 0.3) is 0 Å². The summed E-state index contributed by atoms with van der Waals surface area (Å²) in [5.74, 6) is 0.175. The Morgan fingerprint density at radius 3 is 1.88 bits per heavy atom. The fraction of sp³-hybridized carbons (Fsp3) is 0.167. The van der Waals surface area contributed by atoms with E-state index < -0.39 is 11.2 Å². The molecule has 32 heavy (non-hydrogen) atoms. The monoisotopic (exact) mass is 452 g/mol. The van der Waals surface area contributed by atoms with Crippen LogP contribution in [0.4, 0.5) is 0 Å². The molecule has 0 bridgehead atoms. The number of nitrogens with one attached hydrogen (secondary N) is 2. The van der Waals surface area contributed by atoms with Crippen molar-refractivity contribution in [1.29, 1.82) is 0 Å². The molecule has 2 N–H and O–H groups in total. The SMILES string of the molecule is COc1cc(C(=O)NNC(=O)[C@H](Sc2ccccc2)c2ccccc2)cc(OC)c1OC. The van der Waals surface area contributed by atoms with E-state index in [4.69, 9.17) is 14.2 Å². The molecule has 0 aromatic heterocycles. The van der Waals surface area contributed by atoms with Crippen molar-refractivity contribution in [1.82, 2.24) is 10.9 Å². The Hall–Kier alpha value is -3.65. The normalized spacial score (nSPS) is 11.2. The lowest BCUT2D eigenvalue weighted by atomic mass is 10.1. The Morgan fingerprint density at radius 1 is 0.781 bits per heavy atom. The number of hydrogen-bond donors (Lipinski definition) is 2. The summed E-state index contributed by atoms with van der Waals surface area (Å²) in [6, 6.07) is 22.0. The van der Waals surface area contributed by atoms with E-state index in [0.717, 1.165) is 10.5 Å². The van der Waals surface area contributed by atoms with Crippen LogP contribution in [-0.2, 0) is 4.79 Å². The molecular formula is C24H24N2O5S. The van der Waals surface area contributed by atoms with Crippen molar-refractivity contribution >= 4 is 23.6 Å². The number of methoxy groups -OCH3 is 3. The number of benzene rings is 3. The van der Waals surface area contributed by atoms with E-state index in [0.29, 0.717) is 17.2 Å². The van der Waals surface area contributed by atoms with Crippen LogP contribution in [-0.4, -0.2) is 33.1 Å². The highest BCUT2D eigenvalue weighted by Crippen LogP contribution is 2.38. The first-order valence-corrected chi connectivity index (χ1v) is 10.6. The Bertz CT molecular complexity index is 1040. The molecule has 7 nitrogen and oxygen atoms in total. The van der Waals surface area contributed by atoms with Gasteiger partial charge in [0.05, 0.1) is 21.3 Å². The van der Waals surface area contributed by atoms with Gasteiger partial charge >= 0.3 is 0 Å². The van der Waals surface area contributed by atoms with Crippen molar-refractivity contribution < 1.29 is 23.8 Å². The van der Waals surface area contributed by atoms with Gasteiger partial charge in [0.1, 0.15) is 5.25 Å². The van der Waals surface area contributed by atoms with E-state index in [-0.39, 0.29) is 11.5 Å². The average molecular weight is 453 g/mol. The number of hydrazine groups is 1. The first-order valence-electron chi connectivity index (χ1n) is 9.74. The number of thioether (sulfide) groups is 1. The quantitative estimate of drug-likeness (QED) is 0.397. The lowest BCUT2D eigenvalue weighted by Gasteiger charge is -2.18. The van der Waals surface area contributed by atoms with E-state index in [9.17, 15) is 9.59 Å². The second-order valence-electron chi connectivity index (χ2n) is 6.58. The maximum Gasteiger partial charge on any atom is 0.269 e. The van der Waals surface area contributed by atoms with Crippen LogP contribution in [0.15, 0.2) is 77.7 Å². The van der Waals surface area contributed by atoms with Crippen LogP contribution in [0, 0.1) is 0 Å².